The fourth-order valence-electron chi connectivity index (χ4n) is 5.42. The average molecular weight is 276 g/mol. The quantitative estimate of drug-likeness (QED) is 0.840. The van der Waals surface area contributed by atoms with Crippen molar-refractivity contribution in [3.05, 3.63) is 0 Å². The van der Waals surface area contributed by atoms with Crippen LogP contribution in [0.2, 0.25) is 0 Å². The largest absolute Gasteiger partial charge is 0.342 e. The molecule has 4 rings (SSSR count). The van der Waals surface area contributed by atoms with E-state index in [0.29, 0.717) is 11.8 Å². The van der Waals surface area contributed by atoms with Crippen LogP contribution in [0.1, 0.15) is 51.4 Å². The molecular weight excluding hydrogens is 248 g/mol. The van der Waals surface area contributed by atoms with Crippen molar-refractivity contribution in [1.82, 2.24) is 10.2 Å². The first-order valence-electron chi connectivity index (χ1n) is 8.83. The second-order valence-corrected chi connectivity index (χ2v) is 7.65. The molecule has 2 saturated heterocycles. The van der Waals surface area contributed by atoms with Crippen LogP contribution < -0.4 is 5.32 Å². The van der Waals surface area contributed by atoms with E-state index in [2.05, 4.69) is 10.2 Å². The van der Waals surface area contributed by atoms with Gasteiger partial charge in [0.25, 0.3) is 0 Å². The van der Waals surface area contributed by atoms with Crippen molar-refractivity contribution in [3.8, 4) is 0 Å². The summed E-state index contributed by atoms with van der Waals surface area (Å²) in [7, 11) is 0. The van der Waals surface area contributed by atoms with E-state index in [1.165, 1.54) is 57.9 Å². The molecular formula is C17H28N2O. The molecule has 1 amide bonds. The van der Waals surface area contributed by atoms with Gasteiger partial charge in [-0.1, -0.05) is 6.42 Å². The van der Waals surface area contributed by atoms with Crippen molar-refractivity contribution in [2.24, 2.45) is 23.7 Å². The van der Waals surface area contributed by atoms with E-state index < -0.39 is 0 Å². The predicted molar refractivity (Wildman–Crippen MR) is 79.3 cm³/mol. The second-order valence-electron chi connectivity index (χ2n) is 7.65. The molecule has 1 N–H and O–H groups in total. The minimum atomic E-state index is 0.398. The van der Waals surface area contributed by atoms with Crippen molar-refractivity contribution in [2.75, 3.05) is 19.6 Å². The first-order chi connectivity index (χ1) is 9.81. The second kappa shape index (κ2) is 5.32. The van der Waals surface area contributed by atoms with Gasteiger partial charge in [-0.2, -0.15) is 0 Å². The Bertz CT molecular complexity index is 369. The maximum Gasteiger partial charge on any atom is 0.225 e. The molecule has 2 aliphatic carbocycles. The molecule has 20 heavy (non-hydrogen) atoms. The molecule has 2 saturated carbocycles. The minimum absolute atomic E-state index is 0.398. The lowest BCUT2D eigenvalue weighted by atomic mass is 9.85. The third-order valence-corrected chi connectivity index (χ3v) is 6.57. The molecule has 3 heteroatoms. The number of hydrogen-bond acceptors (Lipinski definition) is 2. The minimum Gasteiger partial charge on any atom is -0.342 e. The molecule has 4 unspecified atom stereocenters. The Labute approximate surface area is 122 Å². The van der Waals surface area contributed by atoms with Gasteiger partial charge >= 0.3 is 0 Å². The Morgan fingerprint density at radius 2 is 1.80 bits per heavy atom. The zero-order valence-electron chi connectivity index (χ0n) is 12.5. The fraction of sp³-hybridized carbons (Fsp3) is 0.941. The van der Waals surface area contributed by atoms with Crippen molar-refractivity contribution in [1.29, 1.82) is 0 Å². The van der Waals surface area contributed by atoms with Crippen molar-refractivity contribution in [3.63, 3.8) is 0 Å². The van der Waals surface area contributed by atoms with Gasteiger partial charge in [-0.15, -0.1) is 0 Å². The Balaban J connectivity index is 1.31. The normalized spacial score (nSPS) is 41.5. The van der Waals surface area contributed by atoms with E-state index in [1.807, 2.05) is 0 Å². The van der Waals surface area contributed by atoms with Gasteiger partial charge in [0.15, 0.2) is 0 Å². The number of likely N-dealkylation sites (tertiary alicyclic amines) is 1. The van der Waals surface area contributed by atoms with Crippen LogP contribution in [0.3, 0.4) is 0 Å². The van der Waals surface area contributed by atoms with Crippen LogP contribution in [-0.4, -0.2) is 36.5 Å². The Kier molecular flexibility index (Phi) is 3.49. The van der Waals surface area contributed by atoms with Gasteiger partial charge in [0.2, 0.25) is 5.91 Å². The molecule has 112 valence electrons. The number of carbonyl (C=O) groups excluding carboxylic acids is 1. The number of amides is 1. The van der Waals surface area contributed by atoms with Crippen LogP contribution in [0.4, 0.5) is 0 Å². The van der Waals surface area contributed by atoms with E-state index >= 15 is 0 Å². The van der Waals surface area contributed by atoms with Crippen LogP contribution in [0.25, 0.3) is 0 Å². The van der Waals surface area contributed by atoms with Crippen LogP contribution in [0, 0.1) is 23.7 Å². The van der Waals surface area contributed by atoms with Gasteiger partial charge in [0.05, 0.1) is 0 Å². The van der Waals surface area contributed by atoms with Gasteiger partial charge in [0, 0.05) is 25.0 Å². The molecule has 4 atom stereocenters. The molecule has 0 spiro atoms. The van der Waals surface area contributed by atoms with E-state index in [0.717, 1.165) is 36.9 Å². The smallest absolute Gasteiger partial charge is 0.225 e. The number of hydrogen-bond donors (Lipinski definition) is 1. The highest BCUT2D eigenvalue weighted by Crippen LogP contribution is 2.49. The lowest BCUT2D eigenvalue weighted by Crippen LogP contribution is -2.46. The zero-order chi connectivity index (χ0) is 13.5. The van der Waals surface area contributed by atoms with Gasteiger partial charge in [-0.05, 0) is 69.2 Å². The molecule has 4 aliphatic rings. The molecule has 3 nitrogen and oxygen atoms in total. The van der Waals surface area contributed by atoms with Crippen molar-refractivity contribution < 1.29 is 4.79 Å². The molecule has 0 aromatic carbocycles. The highest BCUT2D eigenvalue weighted by Gasteiger charge is 2.44. The Morgan fingerprint density at radius 3 is 2.40 bits per heavy atom. The summed E-state index contributed by atoms with van der Waals surface area (Å²) in [5.41, 5.74) is 0. The lowest BCUT2D eigenvalue weighted by Gasteiger charge is -2.37. The van der Waals surface area contributed by atoms with Crippen LogP contribution in [-0.2, 0) is 4.79 Å². The third kappa shape index (κ3) is 2.28. The number of fused-ring (bicyclic) bond motifs is 2. The molecule has 0 radical (unpaired) electrons. The number of rotatable bonds is 2. The van der Waals surface area contributed by atoms with Crippen molar-refractivity contribution in [2.45, 2.75) is 57.4 Å². The van der Waals surface area contributed by atoms with Gasteiger partial charge in [-0.25, -0.2) is 0 Å². The maximum atomic E-state index is 12.7. The standard InChI is InChI=1S/C17H28N2O/c20-17(15-11-12-3-4-14(15)10-12)19-8-5-13(6-9-19)16-2-1-7-18-16/h12-16,18H,1-11H2. The van der Waals surface area contributed by atoms with E-state index in [1.54, 1.807) is 0 Å². The predicted octanol–water partition coefficient (Wildman–Crippen LogP) is 2.41. The lowest BCUT2D eigenvalue weighted by molar-refractivity contribution is -0.138. The first kappa shape index (κ1) is 13.1. The van der Waals surface area contributed by atoms with E-state index in [4.69, 9.17) is 0 Å². The highest BCUT2D eigenvalue weighted by atomic mass is 16.2. The third-order valence-electron chi connectivity index (χ3n) is 6.57. The number of nitrogens with zero attached hydrogens (tertiary/aromatic N) is 1. The summed E-state index contributed by atoms with van der Waals surface area (Å²) >= 11 is 0. The summed E-state index contributed by atoms with van der Waals surface area (Å²) in [5, 5.41) is 3.64. The Hall–Kier alpha value is -0.570. The van der Waals surface area contributed by atoms with Gasteiger partial charge in [0.1, 0.15) is 0 Å². The highest BCUT2D eigenvalue weighted by molar-refractivity contribution is 5.79. The SMILES string of the molecule is O=C(C1CC2CCC1C2)N1CCC(C2CCCN2)CC1. The topological polar surface area (TPSA) is 32.3 Å². The van der Waals surface area contributed by atoms with E-state index in [-0.39, 0.29) is 0 Å². The fourth-order valence-corrected chi connectivity index (χ4v) is 5.42. The van der Waals surface area contributed by atoms with Crippen LogP contribution in [0.5, 0.6) is 0 Å². The molecule has 0 aromatic rings. The van der Waals surface area contributed by atoms with Crippen LogP contribution in [0.15, 0.2) is 0 Å². The summed E-state index contributed by atoms with van der Waals surface area (Å²) in [4.78, 5) is 14.9. The Morgan fingerprint density at radius 1 is 0.950 bits per heavy atom. The number of nitrogens with one attached hydrogen (secondary N) is 1. The summed E-state index contributed by atoms with van der Waals surface area (Å²) in [6.45, 7) is 3.25. The van der Waals surface area contributed by atoms with Crippen molar-refractivity contribution >= 4 is 5.91 Å². The molecule has 2 aliphatic heterocycles. The first-order valence-corrected chi connectivity index (χ1v) is 8.83. The summed E-state index contributed by atoms with van der Waals surface area (Å²) < 4.78 is 0. The number of piperidine rings is 1. The van der Waals surface area contributed by atoms with Gasteiger partial charge in [-0.3, -0.25) is 4.79 Å². The summed E-state index contributed by atoms with van der Waals surface area (Å²) in [6.07, 6.45) is 10.4. The maximum absolute atomic E-state index is 12.7. The van der Waals surface area contributed by atoms with Crippen LogP contribution >= 0.6 is 0 Å². The summed E-state index contributed by atoms with van der Waals surface area (Å²) in [6, 6.07) is 0.745. The molecule has 2 bridgehead atoms. The van der Waals surface area contributed by atoms with Gasteiger partial charge < -0.3 is 10.2 Å². The molecule has 4 fully saturated rings. The number of carbonyl (C=O) groups is 1. The van der Waals surface area contributed by atoms with E-state index in [9.17, 15) is 4.79 Å². The molecule has 0 aromatic heterocycles. The molecule has 2 heterocycles. The summed E-state index contributed by atoms with van der Waals surface area (Å²) in [5.74, 6) is 3.35. The monoisotopic (exact) mass is 276 g/mol. The average Bonchev–Trinajstić information content (AvgIpc) is 3.23. The zero-order valence-corrected chi connectivity index (χ0v) is 12.5.